The number of hydrogen-bond donors (Lipinski definition) is 0. The lowest BCUT2D eigenvalue weighted by molar-refractivity contribution is -0.141. The number of halogens is 1. The molecule has 0 amide bonds. The van der Waals surface area contributed by atoms with Crippen LogP contribution in [0, 0.1) is 24.6 Å². The summed E-state index contributed by atoms with van der Waals surface area (Å²) in [6.45, 7) is 2.37. The van der Waals surface area contributed by atoms with Crippen LogP contribution in [0.2, 0.25) is 0 Å². The van der Waals surface area contributed by atoms with Crippen molar-refractivity contribution in [2.45, 2.75) is 45.4 Å². The highest BCUT2D eigenvalue weighted by Gasteiger charge is 2.29. The lowest BCUT2D eigenvalue weighted by Crippen LogP contribution is -2.26. The van der Waals surface area contributed by atoms with Crippen molar-refractivity contribution in [3.05, 3.63) is 46.8 Å². The van der Waals surface area contributed by atoms with E-state index in [9.17, 15) is 9.18 Å². The third-order valence-corrected chi connectivity index (χ3v) is 5.43. The average molecular weight is 343 g/mol. The fourth-order valence-electron chi connectivity index (χ4n) is 3.97. The van der Waals surface area contributed by atoms with Gasteiger partial charge in [0.25, 0.3) is 0 Å². The number of benzene rings is 1. The molecule has 1 saturated carbocycles. The van der Waals surface area contributed by atoms with Crippen LogP contribution in [0.5, 0.6) is 0 Å². The maximum absolute atomic E-state index is 13.6. The molecule has 0 N–H and O–H groups in total. The lowest BCUT2D eigenvalue weighted by Gasteiger charge is -2.31. The second-order valence-corrected chi connectivity index (χ2v) is 7.15. The molecule has 0 saturated heterocycles. The zero-order chi connectivity index (χ0) is 17.8. The highest BCUT2D eigenvalue weighted by Crippen LogP contribution is 2.37. The van der Waals surface area contributed by atoms with E-state index >= 15 is 0 Å². The Morgan fingerprint density at radius 2 is 2.04 bits per heavy atom. The largest absolute Gasteiger partial charge is 0.469 e. The van der Waals surface area contributed by atoms with Crippen LogP contribution in [0.4, 0.5) is 4.39 Å². The molecule has 1 aromatic rings. The molecular weight excluding hydrogens is 317 g/mol. The number of allylic oxidation sites excluding steroid dienone is 1. The van der Waals surface area contributed by atoms with E-state index in [-0.39, 0.29) is 17.7 Å². The van der Waals surface area contributed by atoms with Crippen LogP contribution in [0.25, 0.3) is 0 Å². The summed E-state index contributed by atoms with van der Waals surface area (Å²) in [5, 5.41) is 0. The molecule has 1 heterocycles. The van der Waals surface area contributed by atoms with Gasteiger partial charge >= 0.3 is 5.97 Å². The SMILES string of the molecule is COC(=O)CC1CN=C(c2ccc(F)c(C)c2)C=C1C1CCCCC1. The Labute approximate surface area is 149 Å². The normalized spacial score (nSPS) is 21.5. The number of carbonyl (C=O) groups is 1. The molecule has 1 fully saturated rings. The first-order valence-electron chi connectivity index (χ1n) is 9.17. The van der Waals surface area contributed by atoms with Crippen molar-refractivity contribution in [2.75, 3.05) is 13.7 Å². The molecular formula is C21H26FNO2. The molecule has 0 radical (unpaired) electrons. The first-order chi connectivity index (χ1) is 12.1. The number of aryl methyl sites for hydroxylation is 1. The molecule has 1 aliphatic heterocycles. The van der Waals surface area contributed by atoms with E-state index < -0.39 is 0 Å². The molecule has 3 nitrogen and oxygen atoms in total. The Bertz CT molecular complexity index is 702. The predicted molar refractivity (Wildman–Crippen MR) is 97.3 cm³/mol. The second kappa shape index (κ2) is 7.94. The molecule has 0 aromatic heterocycles. The minimum absolute atomic E-state index is 0.126. The number of methoxy groups -OCH3 is 1. The molecule has 0 spiro atoms. The van der Waals surface area contributed by atoms with E-state index in [1.54, 1.807) is 13.0 Å². The Hall–Kier alpha value is -1.97. The number of nitrogens with zero attached hydrogens (tertiary/aromatic N) is 1. The molecule has 2 aliphatic rings. The first-order valence-corrected chi connectivity index (χ1v) is 9.17. The van der Waals surface area contributed by atoms with Crippen molar-refractivity contribution in [3.8, 4) is 0 Å². The highest BCUT2D eigenvalue weighted by molar-refractivity contribution is 6.09. The van der Waals surface area contributed by atoms with Crippen LogP contribution in [-0.4, -0.2) is 25.3 Å². The van der Waals surface area contributed by atoms with E-state index in [4.69, 9.17) is 9.73 Å². The Balaban J connectivity index is 1.89. The number of dihydropyridines is 1. The standard InChI is InChI=1S/C21H26FNO2/c1-14-10-16(8-9-19(14)22)20-12-18(15-6-4-3-5-7-15)17(13-23-20)11-21(24)25-2/h8-10,12,15,17H,3-7,11,13H2,1-2H3. The topological polar surface area (TPSA) is 38.7 Å². The summed E-state index contributed by atoms with van der Waals surface area (Å²) >= 11 is 0. The van der Waals surface area contributed by atoms with Gasteiger partial charge in [-0.25, -0.2) is 4.39 Å². The van der Waals surface area contributed by atoms with Gasteiger partial charge in [0.15, 0.2) is 0 Å². The quantitative estimate of drug-likeness (QED) is 0.748. The van der Waals surface area contributed by atoms with Crippen molar-refractivity contribution >= 4 is 11.7 Å². The maximum atomic E-state index is 13.6. The molecule has 1 aromatic carbocycles. The van der Waals surface area contributed by atoms with Gasteiger partial charge in [-0.05, 0) is 55.5 Å². The average Bonchev–Trinajstić information content (AvgIpc) is 2.65. The summed E-state index contributed by atoms with van der Waals surface area (Å²) < 4.78 is 18.4. The third kappa shape index (κ3) is 4.17. The fourth-order valence-corrected chi connectivity index (χ4v) is 3.97. The van der Waals surface area contributed by atoms with Crippen LogP contribution in [0.15, 0.2) is 34.8 Å². The number of ether oxygens (including phenoxy) is 1. The Kier molecular flexibility index (Phi) is 5.67. The van der Waals surface area contributed by atoms with Gasteiger partial charge in [0, 0.05) is 18.0 Å². The molecule has 1 unspecified atom stereocenters. The van der Waals surface area contributed by atoms with E-state index in [0.717, 1.165) is 11.3 Å². The van der Waals surface area contributed by atoms with Crippen molar-refractivity contribution in [3.63, 3.8) is 0 Å². The van der Waals surface area contributed by atoms with E-state index in [1.807, 2.05) is 6.07 Å². The van der Waals surface area contributed by atoms with Gasteiger partial charge in [0.05, 0.1) is 19.2 Å². The van der Waals surface area contributed by atoms with Crippen LogP contribution in [-0.2, 0) is 9.53 Å². The minimum atomic E-state index is -0.194. The van der Waals surface area contributed by atoms with E-state index in [1.165, 1.54) is 50.9 Å². The summed E-state index contributed by atoms with van der Waals surface area (Å²) in [5.74, 6) is 0.277. The number of rotatable bonds is 4. The number of aliphatic imine (C=N–C) groups is 1. The minimum Gasteiger partial charge on any atom is -0.469 e. The van der Waals surface area contributed by atoms with E-state index in [2.05, 4.69) is 6.08 Å². The molecule has 134 valence electrons. The van der Waals surface area contributed by atoms with Crippen molar-refractivity contribution in [1.82, 2.24) is 0 Å². The molecule has 3 rings (SSSR count). The maximum Gasteiger partial charge on any atom is 0.306 e. The zero-order valence-corrected chi connectivity index (χ0v) is 15.1. The molecule has 4 heteroatoms. The van der Waals surface area contributed by atoms with Crippen LogP contribution >= 0.6 is 0 Å². The highest BCUT2D eigenvalue weighted by atomic mass is 19.1. The van der Waals surface area contributed by atoms with Gasteiger partial charge in [0.2, 0.25) is 0 Å². The van der Waals surface area contributed by atoms with Gasteiger partial charge in [0.1, 0.15) is 5.82 Å². The molecule has 1 atom stereocenters. The third-order valence-electron chi connectivity index (χ3n) is 5.43. The summed E-state index contributed by atoms with van der Waals surface area (Å²) in [5.41, 5.74) is 3.81. The van der Waals surface area contributed by atoms with Gasteiger partial charge in [-0.3, -0.25) is 9.79 Å². The molecule has 0 bridgehead atoms. The summed E-state index contributed by atoms with van der Waals surface area (Å²) in [6, 6.07) is 5.14. The summed E-state index contributed by atoms with van der Waals surface area (Å²) in [4.78, 5) is 16.5. The van der Waals surface area contributed by atoms with E-state index in [0.29, 0.717) is 24.4 Å². The van der Waals surface area contributed by atoms with Crippen LogP contribution in [0.3, 0.4) is 0 Å². The Morgan fingerprint density at radius 1 is 1.28 bits per heavy atom. The molecule has 1 aliphatic carbocycles. The predicted octanol–water partition coefficient (Wildman–Crippen LogP) is 4.62. The first kappa shape index (κ1) is 17.8. The van der Waals surface area contributed by atoms with Gasteiger partial charge in [-0.1, -0.05) is 24.8 Å². The summed E-state index contributed by atoms with van der Waals surface area (Å²) in [6.07, 6.45) is 8.68. The van der Waals surface area contributed by atoms with Crippen LogP contribution < -0.4 is 0 Å². The lowest BCUT2D eigenvalue weighted by atomic mass is 9.76. The monoisotopic (exact) mass is 343 g/mol. The van der Waals surface area contributed by atoms with Crippen molar-refractivity contribution < 1.29 is 13.9 Å². The zero-order valence-electron chi connectivity index (χ0n) is 15.1. The second-order valence-electron chi connectivity index (χ2n) is 7.15. The van der Waals surface area contributed by atoms with Crippen molar-refractivity contribution in [2.24, 2.45) is 16.8 Å². The number of esters is 1. The van der Waals surface area contributed by atoms with Gasteiger partial charge in [-0.2, -0.15) is 0 Å². The van der Waals surface area contributed by atoms with Crippen molar-refractivity contribution in [1.29, 1.82) is 0 Å². The number of carbonyl (C=O) groups excluding carboxylic acids is 1. The van der Waals surface area contributed by atoms with Gasteiger partial charge < -0.3 is 4.74 Å². The molecule has 25 heavy (non-hydrogen) atoms. The van der Waals surface area contributed by atoms with Crippen LogP contribution in [0.1, 0.15) is 49.7 Å². The Morgan fingerprint density at radius 3 is 2.72 bits per heavy atom. The van der Waals surface area contributed by atoms with Gasteiger partial charge in [-0.15, -0.1) is 0 Å². The fraction of sp³-hybridized carbons (Fsp3) is 0.524. The summed E-state index contributed by atoms with van der Waals surface area (Å²) in [7, 11) is 1.44. The smallest absolute Gasteiger partial charge is 0.306 e. The number of hydrogen-bond acceptors (Lipinski definition) is 3.